The third-order valence-electron chi connectivity index (χ3n) is 19.5. The zero-order valence-electron chi connectivity index (χ0n) is 64.3. The van der Waals surface area contributed by atoms with Gasteiger partial charge in [-0.3, -0.25) is 57.5 Å². The number of fused-ring (bicyclic) bond motifs is 3. The number of hydrogen-bond acceptors (Lipinski definition) is 27. The number of nitrogens with two attached hydrogens (primary N) is 4. The lowest BCUT2D eigenvalue weighted by Gasteiger charge is -2.43. The van der Waals surface area contributed by atoms with Crippen molar-refractivity contribution in [3.05, 3.63) is 120 Å². The van der Waals surface area contributed by atoms with Crippen molar-refractivity contribution >= 4 is 136 Å². The first kappa shape index (κ1) is 91.4. The molecule has 0 spiro atoms. The van der Waals surface area contributed by atoms with Crippen LogP contribution in [0.15, 0.2) is 108 Å². The van der Waals surface area contributed by atoms with Gasteiger partial charge in [0.25, 0.3) is 5.91 Å². The number of aliphatic carboxylic acids is 3. The smallest absolute Gasteiger partial charge is 0.327 e. The maximum atomic E-state index is 13.6. The van der Waals surface area contributed by atoms with Crippen molar-refractivity contribution in [2.24, 2.45) is 27.9 Å². The van der Waals surface area contributed by atoms with E-state index in [1.54, 1.807) is 0 Å². The Morgan fingerprint density at radius 3 is 1.32 bits per heavy atom. The lowest BCUT2D eigenvalue weighted by Crippen LogP contribution is -2.70. The molecule has 14 amide bonds. The summed E-state index contributed by atoms with van der Waals surface area (Å²) < 4.78 is -1.73. The summed E-state index contributed by atoms with van der Waals surface area (Å²) in [6, 6.07) is 13.6. The van der Waals surface area contributed by atoms with Crippen LogP contribution in [0, 0.1) is 0 Å². The average molecular weight is 1690 g/mol. The van der Waals surface area contributed by atoms with E-state index in [9.17, 15) is 107 Å². The van der Waals surface area contributed by atoms with Crippen LogP contribution in [-0.4, -0.2) is 282 Å². The highest BCUT2D eigenvalue weighted by Gasteiger charge is 2.67. The van der Waals surface area contributed by atoms with Gasteiger partial charge in [-0.2, -0.15) is 0 Å². The number of β-lactam (4-membered cyclic amide) rings is 3. The Labute approximate surface area is 682 Å². The summed E-state index contributed by atoms with van der Waals surface area (Å²) in [5, 5.41) is 83.0. The van der Waals surface area contributed by atoms with E-state index < -0.39 is 178 Å². The number of thioether (sulfide) groups is 3. The maximum Gasteiger partial charge on any atom is 0.327 e. The molecule has 25 N–H and O–H groups in total. The summed E-state index contributed by atoms with van der Waals surface area (Å²) in [7, 11) is 0. The van der Waals surface area contributed by atoms with Gasteiger partial charge in [0.1, 0.15) is 88.5 Å². The molecular weight excluding hydrogens is 1590 g/mol. The number of nitrogens with zero attached hydrogens (tertiary/aromatic N) is 4. The van der Waals surface area contributed by atoms with Gasteiger partial charge in [0.15, 0.2) is 5.96 Å². The third-order valence-corrected chi connectivity index (χ3v) is 24.2. The second kappa shape index (κ2) is 39.7. The van der Waals surface area contributed by atoms with E-state index >= 15 is 0 Å². The standard InChI is InChI=1S/C25H43N13O10.3C16H18N2O4S/c26-3-1-2-10(27)4-16(41)32-12-6-30-23(47)18(11-5-17(42)37-24(28)36-11)38-20(44)13(7-31-25(29)48)33-21(45)14(8-39)35-22(46)15(9-40)34-19(12)43;3*1-16(2)12(15(21)22)18-13(20)11(14(18)23-16)17-10(19)8-9-6-4-3-5-7-9/h7,10-12,14-15,17-18,39-40,42H,1-6,8-9,26-27H2,(H,30,47)(H,32,41)(H,33,45)(H,34,43)(H,35,46)(H,38,44)(H3,28,36,37)(H3,29,31,48);3*3-7,11-12,14H,8H2,1-2H3,(H,17,19)(H,21,22)/b13-7-;;;/t10-,11+,12-,14-,15-,17-,18-;3*11-,12+,14-/m0111/s1. The van der Waals surface area contributed by atoms with Crippen molar-refractivity contribution in [3.63, 3.8) is 0 Å². The number of primary amides is 1. The van der Waals surface area contributed by atoms with Crippen LogP contribution in [0.3, 0.4) is 0 Å². The number of benzene rings is 3. The molecule has 8 aliphatic heterocycles. The Kier molecular flexibility index (Phi) is 31.0. The zero-order valence-corrected chi connectivity index (χ0v) is 66.7. The number of amides is 14. The van der Waals surface area contributed by atoms with Gasteiger partial charge in [-0.05, 0) is 77.6 Å². The van der Waals surface area contributed by atoms with Crippen molar-refractivity contribution in [2.75, 3.05) is 26.3 Å². The molecule has 7 saturated heterocycles. The second-order valence-corrected chi connectivity index (χ2v) is 35.0. The van der Waals surface area contributed by atoms with Crippen LogP contribution in [0.2, 0.25) is 0 Å². The first-order valence-electron chi connectivity index (χ1n) is 36.8. The molecule has 44 heteroatoms. The van der Waals surface area contributed by atoms with Gasteiger partial charge in [-0.25, -0.2) is 24.2 Å². The van der Waals surface area contributed by atoms with E-state index in [1.807, 2.05) is 138 Å². The largest absolute Gasteiger partial charge is 0.480 e. The Hall–Kier alpha value is -11.2. The molecular formula is C73H97N19O22S3. The molecule has 117 heavy (non-hydrogen) atoms. The first-order chi connectivity index (χ1) is 55.1. The molecule has 0 unspecified atom stereocenters. The molecule has 0 saturated carbocycles. The van der Waals surface area contributed by atoms with E-state index in [1.165, 1.54) is 50.0 Å². The highest BCUT2D eigenvalue weighted by molar-refractivity contribution is 8.02. The van der Waals surface area contributed by atoms with Crippen LogP contribution >= 0.6 is 35.3 Å². The molecule has 634 valence electrons. The number of nitrogens with one attached hydrogen (secondary N) is 11. The molecule has 8 aliphatic rings. The number of carboxylic acid groups (broad SMARTS) is 3. The van der Waals surface area contributed by atoms with Crippen LogP contribution in [0.4, 0.5) is 4.79 Å². The van der Waals surface area contributed by atoms with Crippen molar-refractivity contribution < 1.29 is 107 Å². The number of urea groups is 1. The fourth-order valence-corrected chi connectivity index (χ4v) is 18.8. The maximum absolute atomic E-state index is 13.6. The molecule has 16 atom stereocenters. The van der Waals surface area contributed by atoms with Crippen molar-refractivity contribution in [2.45, 2.75) is 196 Å². The molecule has 0 radical (unpaired) electrons. The summed E-state index contributed by atoms with van der Waals surface area (Å²) in [6.07, 6.45) is 0.354. The lowest BCUT2D eigenvalue weighted by molar-refractivity contribution is -0.161. The number of carbonyl (C=O) groups is 16. The van der Waals surface area contributed by atoms with Crippen molar-refractivity contribution in [1.82, 2.24) is 73.2 Å². The molecule has 0 aromatic heterocycles. The van der Waals surface area contributed by atoms with Crippen molar-refractivity contribution in [3.8, 4) is 0 Å². The van der Waals surface area contributed by atoms with E-state index in [-0.39, 0.29) is 89.6 Å². The van der Waals surface area contributed by atoms with Crippen molar-refractivity contribution in [1.29, 1.82) is 0 Å². The number of carbonyl (C=O) groups excluding carboxylic acids is 13. The average Bonchev–Trinajstić information content (AvgIpc) is 1.58. The number of carboxylic acids is 3. The van der Waals surface area contributed by atoms with Gasteiger partial charge in [0, 0.05) is 45.9 Å². The lowest BCUT2D eigenvalue weighted by atomic mass is 9.96. The zero-order chi connectivity index (χ0) is 86.3. The minimum Gasteiger partial charge on any atom is -0.480 e. The predicted octanol–water partition coefficient (Wildman–Crippen LogP) is -6.30. The molecule has 8 heterocycles. The Morgan fingerprint density at radius 2 is 0.957 bits per heavy atom. The number of rotatable bonds is 22. The summed E-state index contributed by atoms with van der Waals surface area (Å²) in [5.74, 6) is -11.4. The Bertz CT molecular complexity index is 4050. The van der Waals surface area contributed by atoms with Crippen LogP contribution in [0.5, 0.6) is 0 Å². The van der Waals surface area contributed by atoms with E-state index in [4.69, 9.17) is 22.9 Å². The summed E-state index contributed by atoms with van der Waals surface area (Å²) in [4.78, 5) is 206. The Balaban J connectivity index is 0.000000208. The van der Waals surface area contributed by atoms with E-state index in [2.05, 4.69) is 58.2 Å². The summed E-state index contributed by atoms with van der Waals surface area (Å²) in [5.41, 5.74) is 24.1. The number of aliphatic imine (C=N–C) groups is 1. The minimum absolute atomic E-state index is 0.202. The van der Waals surface area contributed by atoms with Gasteiger partial charge < -0.3 is 127 Å². The van der Waals surface area contributed by atoms with Crippen LogP contribution < -0.4 is 81.4 Å². The van der Waals surface area contributed by atoms with E-state index in [0.717, 1.165) is 16.7 Å². The fraction of sp³-hybridized carbons (Fsp3) is 0.493. The second-order valence-electron chi connectivity index (χ2n) is 29.6. The molecule has 0 bridgehead atoms. The third kappa shape index (κ3) is 22.9. The van der Waals surface area contributed by atoms with Gasteiger partial charge >= 0.3 is 23.9 Å². The molecule has 7 fully saturated rings. The van der Waals surface area contributed by atoms with E-state index in [0.29, 0.717) is 25.6 Å². The molecule has 41 nitrogen and oxygen atoms in total. The monoisotopic (exact) mass is 1690 g/mol. The summed E-state index contributed by atoms with van der Waals surface area (Å²) >= 11 is 4.27. The number of hydrogen-bond donors (Lipinski definition) is 21. The van der Waals surface area contributed by atoms with Gasteiger partial charge in [-0.1, -0.05) is 91.0 Å². The first-order valence-corrected chi connectivity index (χ1v) is 39.4. The number of aliphatic hydroxyl groups excluding tert-OH is 3. The molecule has 3 aromatic rings. The van der Waals surface area contributed by atoms with Crippen LogP contribution in [0.1, 0.15) is 83.9 Å². The van der Waals surface area contributed by atoms with Gasteiger partial charge in [-0.15, -0.1) is 35.3 Å². The minimum atomic E-state index is -1.78. The highest BCUT2D eigenvalue weighted by Crippen LogP contribution is 2.53. The molecule has 0 aliphatic carbocycles. The predicted molar refractivity (Wildman–Crippen MR) is 421 cm³/mol. The number of aliphatic hydroxyl groups is 3. The van der Waals surface area contributed by atoms with Gasteiger partial charge in [0.2, 0.25) is 65.0 Å². The Morgan fingerprint density at radius 1 is 0.564 bits per heavy atom. The highest BCUT2D eigenvalue weighted by atomic mass is 32.2. The molecule has 11 rings (SSSR count). The number of guanidine groups is 1. The summed E-state index contributed by atoms with van der Waals surface area (Å²) in [6.45, 7) is 8.49. The van der Waals surface area contributed by atoms with Gasteiger partial charge in [0.05, 0.1) is 38.5 Å². The normalized spacial score (nSPS) is 27.8. The quantitative estimate of drug-likeness (QED) is 0.0329. The van der Waals surface area contributed by atoms with Crippen LogP contribution in [0.25, 0.3) is 0 Å². The fourth-order valence-electron chi connectivity index (χ4n) is 13.9. The van der Waals surface area contributed by atoms with Crippen LogP contribution in [-0.2, 0) is 91.2 Å². The molecule has 3 aromatic carbocycles. The topological polar surface area (TPSA) is 653 Å². The SMILES string of the molecule is CC1(C)S[C@@H]2[C@H](NC(=O)Cc3ccccc3)C(=O)N2[C@H]1C(=O)O.CC1(C)S[C@@H]2[C@H](NC(=O)Cc3ccccc3)C(=O)N2[C@H]1C(=O)O.CC1(C)S[C@@H]2[C@H](NC(=O)Cc3ccccc3)C(=O)N2[C@H]1C(=O)O.NCCC[C@H](N)CC(=O)N[C@H]1CNC(=O)[C@H]([C@H]2C[C@H](O)NC(N)=N2)NC(=O)/C(=C/NC(N)=O)NC(=O)[C@H](CO)NC(=O)[C@H](CO)NC1=O.